The first-order chi connectivity index (χ1) is 23.8. The van der Waals surface area contributed by atoms with Gasteiger partial charge >= 0.3 is 18.2 Å². The van der Waals surface area contributed by atoms with Gasteiger partial charge in [-0.2, -0.15) is 22.0 Å². The monoisotopic (exact) mass is 723 g/mol. The number of aromatic nitrogens is 1. The number of carbonyl (C=O) groups excluding carboxylic acids is 1. The smallest absolute Gasteiger partial charge is 0.411 e. The number of hydrogen-bond donors (Lipinski definition) is 1. The molecule has 1 saturated heterocycles. The highest BCUT2D eigenvalue weighted by Crippen LogP contribution is 2.62. The van der Waals surface area contributed by atoms with E-state index in [-0.39, 0.29) is 40.8 Å². The summed E-state index contributed by atoms with van der Waals surface area (Å²) in [6.07, 6.45) is 2.93. The summed E-state index contributed by atoms with van der Waals surface area (Å²) in [5, 5.41) is 13.5. The molecule has 1 aliphatic heterocycles. The number of likely N-dealkylation sites (tertiary alicyclic amines) is 1. The van der Waals surface area contributed by atoms with Gasteiger partial charge in [-0.05, 0) is 135 Å². The summed E-state index contributed by atoms with van der Waals surface area (Å²) >= 11 is 0. The third-order valence-corrected chi connectivity index (χ3v) is 13.6. The molecule has 0 radical (unpaired) electrons. The van der Waals surface area contributed by atoms with E-state index in [1.54, 1.807) is 17.3 Å². The summed E-state index contributed by atoms with van der Waals surface area (Å²) in [6.45, 7) is 3.40. The maximum Gasteiger partial charge on any atom is 0.453 e. The predicted molar refractivity (Wildman–Crippen MR) is 180 cm³/mol. The van der Waals surface area contributed by atoms with Crippen molar-refractivity contribution in [1.82, 2.24) is 9.88 Å². The van der Waals surface area contributed by atoms with Crippen molar-refractivity contribution in [3.8, 4) is 5.75 Å². The van der Waals surface area contributed by atoms with Crippen molar-refractivity contribution < 1.29 is 40.9 Å². The molecule has 0 spiro atoms. The first-order valence-electron chi connectivity index (χ1n) is 17.8. The molecule has 1 amide bonds. The molecule has 13 heteroatoms. The number of amides is 1. The molecule has 2 saturated carbocycles. The van der Waals surface area contributed by atoms with Crippen LogP contribution in [0.15, 0.2) is 47.9 Å². The number of hydrogen-bond acceptors (Lipinski definition) is 6. The van der Waals surface area contributed by atoms with Gasteiger partial charge in [-0.25, -0.2) is 4.79 Å². The lowest BCUT2D eigenvalue weighted by atomic mass is 9.52. The van der Waals surface area contributed by atoms with Crippen molar-refractivity contribution >= 4 is 22.6 Å². The Morgan fingerprint density at radius 3 is 2.48 bits per heavy atom. The summed E-state index contributed by atoms with van der Waals surface area (Å²) in [6, 6.07) is 9.99. The molecule has 4 aliphatic rings. The van der Waals surface area contributed by atoms with Crippen LogP contribution in [-0.4, -0.2) is 67.8 Å². The molecular weight excluding hydrogens is 677 g/mol. The summed E-state index contributed by atoms with van der Waals surface area (Å²) in [4.78, 5) is 19.1. The van der Waals surface area contributed by atoms with Crippen LogP contribution in [0.4, 0.5) is 26.7 Å². The SMILES string of the molecule is C[C@]12CC[C@@H]3c4ccc(OC(=O)N5CCC(c6ccncc6)CC5)cc4C[C@@H](CCCS(=O)CCCC(F)(F)C(F)(F)F)[C@H]3[C@@H]1CC/C2=N/O. The van der Waals surface area contributed by atoms with Crippen LogP contribution in [0.1, 0.15) is 99.7 Å². The maximum atomic E-state index is 13.3. The minimum absolute atomic E-state index is 0.194. The highest BCUT2D eigenvalue weighted by Gasteiger charge is 2.57. The second-order valence-corrected chi connectivity index (χ2v) is 16.6. The molecule has 1 N–H and O–H groups in total. The molecule has 3 aliphatic carbocycles. The Morgan fingerprint density at radius 1 is 1.06 bits per heavy atom. The van der Waals surface area contributed by atoms with Gasteiger partial charge in [-0.3, -0.25) is 9.19 Å². The molecule has 274 valence electrons. The van der Waals surface area contributed by atoms with Gasteiger partial charge in [-0.15, -0.1) is 0 Å². The Labute approximate surface area is 292 Å². The van der Waals surface area contributed by atoms with Crippen LogP contribution in [0.25, 0.3) is 0 Å². The highest BCUT2D eigenvalue weighted by molar-refractivity contribution is 7.84. The van der Waals surface area contributed by atoms with Gasteiger partial charge in [0.15, 0.2) is 0 Å². The molecule has 1 unspecified atom stereocenters. The molecule has 1 aromatic carbocycles. The van der Waals surface area contributed by atoms with E-state index in [1.165, 1.54) is 11.1 Å². The number of pyridine rings is 1. The van der Waals surface area contributed by atoms with E-state index in [0.29, 0.717) is 37.1 Å². The molecule has 2 aromatic rings. The largest absolute Gasteiger partial charge is 0.453 e. The third kappa shape index (κ3) is 7.58. The number of piperidine rings is 1. The minimum atomic E-state index is -5.60. The number of nitrogens with zero attached hydrogens (tertiary/aromatic N) is 3. The number of oxime groups is 1. The first-order valence-corrected chi connectivity index (χ1v) is 19.3. The molecule has 6 atom stereocenters. The molecule has 50 heavy (non-hydrogen) atoms. The number of carbonyl (C=O) groups is 1. The lowest BCUT2D eigenvalue weighted by Crippen LogP contribution is -2.46. The molecule has 7 nitrogen and oxygen atoms in total. The Hall–Kier alpha value is -3.09. The second-order valence-electron chi connectivity index (χ2n) is 14.9. The topological polar surface area (TPSA) is 92.1 Å². The van der Waals surface area contributed by atoms with Gasteiger partial charge in [0.05, 0.1) is 5.71 Å². The first kappa shape index (κ1) is 36.7. The fourth-order valence-electron chi connectivity index (χ4n) is 9.47. The summed E-state index contributed by atoms with van der Waals surface area (Å²) in [7, 11) is -1.51. The number of benzene rings is 1. The summed E-state index contributed by atoms with van der Waals surface area (Å²) in [5.74, 6) is -2.83. The minimum Gasteiger partial charge on any atom is -0.411 e. The van der Waals surface area contributed by atoms with E-state index < -0.39 is 35.7 Å². The van der Waals surface area contributed by atoms with Crippen molar-refractivity contribution in [3.05, 3.63) is 59.4 Å². The normalized spacial score (nSPS) is 28.5. The maximum absolute atomic E-state index is 13.3. The van der Waals surface area contributed by atoms with E-state index in [9.17, 15) is 36.2 Å². The van der Waals surface area contributed by atoms with Crippen molar-refractivity contribution in [2.45, 2.75) is 101 Å². The lowest BCUT2D eigenvalue weighted by molar-refractivity contribution is -0.284. The van der Waals surface area contributed by atoms with Gasteiger partial charge in [0.25, 0.3) is 0 Å². The molecule has 0 bridgehead atoms. The molecule has 2 heterocycles. The Balaban J connectivity index is 1.11. The van der Waals surface area contributed by atoms with Crippen LogP contribution in [0.2, 0.25) is 0 Å². The van der Waals surface area contributed by atoms with Crippen molar-refractivity contribution in [1.29, 1.82) is 0 Å². The molecule has 3 fully saturated rings. The Morgan fingerprint density at radius 2 is 1.78 bits per heavy atom. The van der Waals surface area contributed by atoms with Crippen molar-refractivity contribution in [2.24, 2.45) is 28.3 Å². The fraction of sp³-hybridized carbons (Fsp3) is 0.649. The number of rotatable bonds is 10. The zero-order valence-electron chi connectivity index (χ0n) is 28.3. The number of halogens is 5. The van der Waals surface area contributed by atoms with Crippen molar-refractivity contribution in [2.75, 3.05) is 24.6 Å². The van der Waals surface area contributed by atoms with Crippen LogP contribution in [-0.2, 0) is 17.2 Å². The van der Waals surface area contributed by atoms with Crippen LogP contribution in [0.5, 0.6) is 5.75 Å². The third-order valence-electron chi connectivity index (χ3n) is 12.1. The van der Waals surface area contributed by atoms with Crippen LogP contribution < -0.4 is 4.74 Å². The summed E-state index contributed by atoms with van der Waals surface area (Å²) in [5.41, 5.74) is 4.22. The quantitative estimate of drug-likeness (QED) is 0.150. The standard InChI is InChI=1S/C37H46F5N3O4S/c1-35-15-9-30-29-6-5-28(49-34(46)45-18-12-25(13-19-45)24-10-16-43-17-11-24)23-27(29)22-26(33(30)31(35)7-8-32(35)44-47)4-2-20-50(48)21-3-14-36(38,39)37(40,41)42/h5-6,10-11,16-17,23,25-26,30-31,33,47H,2-4,7-9,12-15,18-22H2,1H3/b44-32-/t26-,30-,31+,33-,35+,50?/m1/s1. The summed E-state index contributed by atoms with van der Waals surface area (Å²) < 4.78 is 82.9. The van der Waals surface area contributed by atoms with Gasteiger partial charge in [0, 0.05) is 59.6 Å². The van der Waals surface area contributed by atoms with E-state index in [4.69, 9.17) is 4.74 Å². The average molecular weight is 724 g/mol. The van der Waals surface area contributed by atoms with E-state index >= 15 is 0 Å². The number of ether oxygens (including phenoxy) is 1. The molecular formula is C37H46F5N3O4S. The molecule has 1 aromatic heterocycles. The van der Waals surface area contributed by atoms with E-state index in [2.05, 4.69) is 23.1 Å². The fourth-order valence-corrected chi connectivity index (χ4v) is 10.6. The number of fused-ring (bicyclic) bond motifs is 5. The van der Waals surface area contributed by atoms with Crippen molar-refractivity contribution in [3.63, 3.8) is 0 Å². The van der Waals surface area contributed by atoms with Gasteiger partial charge in [-0.1, -0.05) is 18.1 Å². The lowest BCUT2D eigenvalue weighted by Gasteiger charge is -2.52. The Kier molecular flexibility index (Phi) is 10.9. The van der Waals surface area contributed by atoms with Gasteiger partial charge in [0.2, 0.25) is 0 Å². The van der Waals surface area contributed by atoms with Crippen LogP contribution >= 0.6 is 0 Å². The Bertz CT molecular complexity index is 1570. The van der Waals surface area contributed by atoms with E-state index in [0.717, 1.165) is 62.6 Å². The second kappa shape index (κ2) is 14.9. The molecule has 6 rings (SSSR count). The zero-order chi connectivity index (χ0) is 35.7. The average Bonchev–Trinajstić information content (AvgIpc) is 3.44. The van der Waals surface area contributed by atoms with E-state index in [1.807, 2.05) is 24.3 Å². The highest BCUT2D eigenvalue weighted by atomic mass is 32.2. The van der Waals surface area contributed by atoms with Crippen LogP contribution in [0.3, 0.4) is 0 Å². The van der Waals surface area contributed by atoms with Gasteiger partial charge in [0.1, 0.15) is 5.75 Å². The number of alkyl halides is 5. The van der Waals surface area contributed by atoms with Crippen LogP contribution in [0, 0.1) is 23.2 Å². The zero-order valence-corrected chi connectivity index (χ0v) is 29.2. The van der Waals surface area contributed by atoms with Gasteiger partial charge < -0.3 is 14.8 Å². The predicted octanol–water partition coefficient (Wildman–Crippen LogP) is 8.88.